The van der Waals surface area contributed by atoms with Crippen LogP contribution in [-0.2, 0) is 6.61 Å². The Balaban J connectivity index is 2.03. The Hall–Kier alpha value is -1.97. The first kappa shape index (κ1) is 10.5. The molecule has 1 aromatic carbocycles. The fraction of sp³-hybridized carbons (Fsp3) is 0.167. The predicted octanol–water partition coefficient (Wildman–Crippen LogP) is 2.50. The third-order valence-electron chi connectivity index (χ3n) is 2.13. The molecule has 0 spiro atoms. The van der Waals surface area contributed by atoms with Crippen molar-refractivity contribution in [2.24, 2.45) is 0 Å². The molecule has 4 heteroatoms. The van der Waals surface area contributed by atoms with Crippen LogP contribution < -0.4 is 4.74 Å². The second-order valence-corrected chi connectivity index (χ2v) is 3.36. The lowest BCUT2D eigenvalue weighted by Gasteiger charge is -2.05. The fourth-order valence-corrected chi connectivity index (χ4v) is 1.22. The Morgan fingerprint density at radius 2 is 2.00 bits per heavy atom. The molecule has 0 N–H and O–H groups in total. The first-order valence-electron chi connectivity index (χ1n) is 4.90. The zero-order chi connectivity index (χ0) is 11.4. The maximum atomic E-state index is 13.2. The second-order valence-electron chi connectivity index (χ2n) is 3.36. The van der Waals surface area contributed by atoms with Gasteiger partial charge in [-0.3, -0.25) is 0 Å². The molecule has 0 unspecified atom stereocenters. The zero-order valence-corrected chi connectivity index (χ0v) is 8.85. The number of aryl methyl sites for hydroxylation is 1. The highest BCUT2D eigenvalue weighted by Gasteiger charge is 2.01. The molecular weight excluding hydrogens is 207 g/mol. The summed E-state index contributed by atoms with van der Waals surface area (Å²) in [7, 11) is 0. The van der Waals surface area contributed by atoms with Gasteiger partial charge < -0.3 is 4.74 Å². The van der Waals surface area contributed by atoms with Crippen molar-refractivity contribution in [3.63, 3.8) is 0 Å². The summed E-state index contributed by atoms with van der Waals surface area (Å²) in [5.74, 6) is 0.783. The van der Waals surface area contributed by atoms with Gasteiger partial charge in [-0.1, -0.05) is 6.07 Å². The third kappa shape index (κ3) is 2.53. The van der Waals surface area contributed by atoms with E-state index in [0.717, 1.165) is 0 Å². The van der Waals surface area contributed by atoms with Crippen molar-refractivity contribution >= 4 is 0 Å². The van der Waals surface area contributed by atoms with Crippen LogP contribution in [0.25, 0.3) is 0 Å². The molecule has 3 nitrogen and oxygen atoms in total. The molecule has 0 saturated carbocycles. The van der Waals surface area contributed by atoms with Gasteiger partial charge in [0.1, 0.15) is 18.2 Å². The summed E-state index contributed by atoms with van der Waals surface area (Å²) in [6.07, 6.45) is 3.28. The van der Waals surface area contributed by atoms with Crippen molar-refractivity contribution in [2.45, 2.75) is 13.5 Å². The molecule has 0 atom stereocenters. The van der Waals surface area contributed by atoms with Crippen LogP contribution >= 0.6 is 0 Å². The topological polar surface area (TPSA) is 35.0 Å². The molecule has 0 aliphatic rings. The van der Waals surface area contributed by atoms with Crippen molar-refractivity contribution in [2.75, 3.05) is 0 Å². The summed E-state index contributed by atoms with van der Waals surface area (Å²) < 4.78 is 18.6. The summed E-state index contributed by atoms with van der Waals surface area (Å²) in [5.41, 5.74) is 0.600. The Morgan fingerprint density at radius 1 is 1.25 bits per heavy atom. The number of hydrogen-bond acceptors (Lipinski definition) is 3. The lowest BCUT2D eigenvalue weighted by atomic mass is 10.2. The van der Waals surface area contributed by atoms with E-state index in [0.29, 0.717) is 17.1 Å². The van der Waals surface area contributed by atoms with Crippen molar-refractivity contribution in [1.82, 2.24) is 9.97 Å². The zero-order valence-electron chi connectivity index (χ0n) is 8.85. The molecule has 0 amide bonds. The van der Waals surface area contributed by atoms with Crippen LogP contribution in [0, 0.1) is 12.7 Å². The largest absolute Gasteiger partial charge is 0.486 e. The number of halogens is 1. The van der Waals surface area contributed by atoms with Crippen LogP contribution in [0.1, 0.15) is 11.4 Å². The summed E-state index contributed by atoms with van der Waals surface area (Å²) in [4.78, 5) is 8.01. The average Bonchev–Trinajstić information content (AvgIpc) is 2.32. The van der Waals surface area contributed by atoms with Crippen molar-refractivity contribution in [3.05, 3.63) is 53.9 Å². The van der Waals surface area contributed by atoms with Gasteiger partial charge in [-0.15, -0.1) is 0 Å². The minimum atomic E-state index is -0.272. The van der Waals surface area contributed by atoms with Gasteiger partial charge >= 0.3 is 0 Å². The standard InChI is InChI=1S/C12H11FN2O/c1-9-3-4-10(7-11(9)13)16-8-12-14-5-2-6-15-12/h2-7H,8H2,1H3. The molecule has 0 saturated heterocycles. The summed E-state index contributed by atoms with van der Waals surface area (Å²) in [5, 5.41) is 0. The van der Waals surface area contributed by atoms with E-state index in [4.69, 9.17) is 4.74 Å². The molecule has 2 aromatic rings. The molecule has 1 heterocycles. The fourth-order valence-electron chi connectivity index (χ4n) is 1.22. The van der Waals surface area contributed by atoms with E-state index in [9.17, 15) is 4.39 Å². The molecule has 82 valence electrons. The Morgan fingerprint density at radius 3 is 2.69 bits per heavy atom. The average molecular weight is 218 g/mol. The first-order valence-corrected chi connectivity index (χ1v) is 4.90. The second kappa shape index (κ2) is 4.70. The number of ether oxygens (including phenoxy) is 1. The van der Waals surface area contributed by atoms with E-state index in [2.05, 4.69) is 9.97 Å². The summed E-state index contributed by atoms with van der Waals surface area (Å²) >= 11 is 0. The van der Waals surface area contributed by atoms with E-state index in [1.54, 1.807) is 37.5 Å². The van der Waals surface area contributed by atoms with Crippen LogP contribution in [0.2, 0.25) is 0 Å². The van der Waals surface area contributed by atoms with Crippen LogP contribution in [0.5, 0.6) is 5.75 Å². The van der Waals surface area contributed by atoms with Gasteiger partial charge in [0.25, 0.3) is 0 Å². The predicted molar refractivity (Wildman–Crippen MR) is 57.5 cm³/mol. The van der Waals surface area contributed by atoms with Crippen LogP contribution in [0.3, 0.4) is 0 Å². The van der Waals surface area contributed by atoms with Crippen molar-refractivity contribution in [3.8, 4) is 5.75 Å². The van der Waals surface area contributed by atoms with Crippen LogP contribution in [0.15, 0.2) is 36.7 Å². The van der Waals surface area contributed by atoms with E-state index >= 15 is 0 Å². The van der Waals surface area contributed by atoms with Crippen molar-refractivity contribution < 1.29 is 9.13 Å². The maximum absolute atomic E-state index is 13.2. The van der Waals surface area contributed by atoms with Gasteiger partial charge in [0, 0.05) is 18.5 Å². The van der Waals surface area contributed by atoms with Gasteiger partial charge in [-0.05, 0) is 24.6 Å². The normalized spacial score (nSPS) is 10.1. The van der Waals surface area contributed by atoms with Gasteiger partial charge in [0.15, 0.2) is 5.82 Å². The third-order valence-corrected chi connectivity index (χ3v) is 2.13. The number of aromatic nitrogens is 2. The van der Waals surface area contributed by atoms with Gasteiger partial charge in [0.2, 0.25) is 0 Å². The highest BCUT2D eigenvalue weighted by atomic mass is 19.1. The molecule has 1 aromatic heterocycles. The maximum Gasteiger partial charge on any atom is 0.166 e. The van der Waals surface area contributed by atoms with Crippen molar-refractivity contribution in [1.29, 1.82) is 0 Å². The molecular formula is C12H11FN2O. The number of hydrogen-bond donors (Lipinski definition) is 0. The number of rotatable bonds is 3. The minimum absolute atomic E-state index is 0.239. The molecule has 0 aliphatic heterocycles. The van der Waals surface area contributed by atoms with E-state index in [-0.39, 0.29) is 12.4 Å². The summed E-state index contributed by atoms with van der Waals surface area (Å²) in [6.45, 7) is 1.95. The van der Waals surface area contributed by atoms with E-state index < -0.39 is 0 Å². The Labute approximate surface area is 92.9 Å². The lowest BCUT2D eigenvalue weighted by molar-refractivity contribution is 0.294. The summed E-state index contributed by atoms with van der Waals surface area (Å²) in [6, 6.07) is 6.49. The van der Waals surface area contributed by atoms with Crippen LogP contribution in [-0.4, -0.2) is 9.97 Å². The lowest BCUT2D eigenvalue weighted by Crippen LogP contribution is -2.00. The Bertz CT molecular complexity index is 474. The van der Waals surface area contributed by atoms with Gasteiger partial charge in [0.05, 0.1) is 0 Å². The molecule has 0 bridgehead atoms. The SMILES string of the molecule is Cc1ccc(OCc2ncccn2)cc1F. The van der Waals surface area contributed by atoms with Crippen LogP contribution in [0.4, 0.5) is 4.39 Å². The number of nitrogens with zero attached hydrogens (tertiary/aromatic N) is 2. The van der Waals surface area contributed by atoms with Gasteiger partial charge in [-0.2, -0.15) is 0 Å². The minimum Gasteiger partial charge on any atom is -0.486 e. The van der Waals surface area contributed by atoms with E-state index in [1.807, 2.05) is 0 Å². The molecule has 0 aliphatic carbocycles. The quantitative estimate of drug-likeness (QED) is 0.793. The molecule has 16 heavy (non-hydrogen) atoms. The number of benzene rings is 1. The molecule has 2 rings (SSSR count). The first-order chi connectivity index (χ1) is 7.75. The monoisotopic (exact) mass is 218 g/mol. The Kier molecular flexibility index (Phi) is 3.10. The molecule has 0 radical (unpaired) electrons. The van der Waals surface area contributed by atoms with Gasteiger partial charge in [-0.25, -0.2) is 14.4 Å². The van der Waals surface area contributed by atoms with E-state index in [1.165, 1.54) is 6.07 Å². The highest BCUT2D eigenvalue weighted by Crippen LogP contribution is 2.16. The molecule has 0 fully saturated rings. The highest BCUT2D eigenvalue weighted by molar-refractivity contribution is 5.27. The smallest absolute Gasteiger partial charge is 0.166 e.